The molecule has 0 aromatic heterocycles. The molecule has 1 aromatic rings. The number of hydrogen-bond acceptors (Lipinski definition) is 3. The molecule has 1 aromatic carbocycles. The fourth-order valence-electron chi connectivity index (χ4n) is 3.10. The van der Waals surface area contributed by atoms with E-state index in [9.17, 15) is 9.59 Å². The van der Waals surface area contributed by atoms with Crippen LogP contribution >= 0.6 is 0 Å². The summed E-state index contributed by atoms with van der Waals surface area (Å²) < 4.78 is 5.92. The van der Waals surface area contributed by atoms with Crippen LogP contribution in [0.25, 0.3) is 0 Å². The van der Waals surface area contributed by atoms with Gasteiger partial charge in [-0.15, -0.1) is 0 Å². The van der Waals surface area contributed by atoms with E-state index in [0.29, 0.717) is 13.0 Å². The molecule has 1 fully saturated rings. The van der Waals surface area contributed by atoms with Crippen molar-refractivity contribution in [2.75, 3.05) is 13.1 Å². The summed E-state index contributed by atoms with van der Waals surface area (Å²) in [5.41, 5.74) is 2.39. The van der Waals surface area contributed by atoms with Crippen molar-refractivity contribution in [2.45, 2.75) is 38.8 Å². The smallest absolute Gasteiger partial charge is 0.243 e. The summed E-state index contributed by atoms with van der Waals surface area (Å²) in [5, 5.41) is 2.64. The Kier molecular flexibility index (Phi) is 3.57. The van der Waals surface area contributed by atoms with Crippen molar-refractivity contribution in [1.29, 1.82) is 0 Å². The number of nitrogens with one attached hydrogen (secondary N) is 1. The van der Waals surface area contributed by atoms with Gasteiger partial charge in [-0.05, 0) is 25.0 Å². The van der Waals surface area contributed by atoms with E-state index in [1.807, 2.05) is 19.1 Å². The molecule has 2 unspecified atom stereocenters. The highest BCUT2D eigenvalue weighted by Gasteiger charge is 2.36. The van der Waals surface area contributed by atoms with E-state index in [2.05, 4.69) is 18.3 Å². The van der Waals surface area contributed by atoms with Gasteiger partial charge in [-0.3, -0.25) is 9.59 Å². The van der Waals surface area contributed by atoms with E-state index in [1.54, 1.807) is 4.90 Å². The number of aryl methyl sites for hydroxylation is 1. The summed E-state index contributed by atoms with van der Waals surface area (Å²) in [6, 6.07) is 5.75. The molecule has 2 atom stereocenters. The number of nitrogens with zero attached hydrogens (tertiary/aromatic N) is 1. The van der Waals surface area contributed by atoms with Gasteiger partial charge >= 0.3 is 0 Å². The predicted octanol–water partition coefficient (Wildman–Crippen LogP) is 1.04. The van der Waals surface area contributed by atoms with Gasteiger partial charge < -0.3 is 15.0 Å². The Morgan fingerprint density at radius 2 is 2.19 bits per heavy atom. The van der Waals surface area contributed by atoms with Crippen molar-refractivity contribution in [3.63, 3.8) is 0 Å². The van der Waals surface area contributed by atoms with Crippen LogP contribution in [0.4, 0.5) is 0 Å². The van der Waals surface area contributed by atoms with Crippen LogP contribution in [0.1, 0.15) is 24.5 Å². The van der Waals surface area contributed by atoms with Gasteiger partial charge in [0.25, 0.3) is 0 Å². The molecule has 21 heavy (non-hydrogen) atoms. The van der Waals surface area contributed by atoms with Crippen molar-refractivity contribution in [2.24, 2.45) is 0 Å². The molecule has 2 amide bonds. The molecular formula is C16H20N2O3. The SMILES string of the molecule is CCC1C(=O)NCC(=O)N1CC1Cc2cc(C)ccc2O1. The average molecular weight is 288 g/mol. The van der Waals surface area contributed by atoms with E-state index in [0.717, 1.165) is 12.2 Å². The summed E-state index contributed by atoms with van der Waals surface area (Å²) in [6.07, 6.45) is 1.35. The second kappa shape index (κ2) is 5.39. The maximum atomic E-state index is 12.1. The maximum absolute atomic E-state index is 12.1. The molecule has 0 saturated carbocycles. The van der Waals surface area contributed by atoms with E-state index < -0.39 is 0 Å². The van der Waals surface area contributed by atoms with Crippen molar-refractivity contribution in [3.8, 4) is 5.75 Å². The van der Waals surface area contributed by atoms with Crippen molar-refractivity contribution < 1.29 is 14.3 Å². The molecular weight excluding hydrogens is 268 g/mol. The third kappa shape index (κ3) is 2.60. The van der Waals surface area contributed by atoms with Crippen LogP contribution in [-0.4, -0.2) is 41.9 Å². The number of amides is 2. The molecule has 0 aliphatic carbocycles. The topological polar surface area (TPSA) is 58.6 Å². The van der Waals surface area contributed by atoms with Crippen LogP contribution in [0.2, 0.25) is 0 Å². The Hall–Kier alpha value is -2.04. The third-order valence-corrected chi connectivity index (χ3v) is 4.16. The molecule has 5 nitrogen and oxygen atoms in total. The first-order valence-corrected chi connectivity index (χ1v) is 7.42. The Bertz CT molecular complexity index is 585. The number of fused-ring (bicyclic) bond motifs is 1. The number of ether oxygens (including phenoxy) is 1. The van der Waals surface area contributed by atoms with Crippen LogP contribution in [-0.2, 0) is 16.0 Å². The zero-order valence-electron chi connectivity index (χ0n) is 12.4. The minimum atomic E-state index is -0.375. The second-order valence-corrected chi connectivity index (χ2v) is 5.74. The molecule has 3 rings (SSSR count). The normalized spacial score (nSPS) is 24.6. The molecule has 0 bridgehead atoms. The van der Waals surface area contributed by atoms with E-state index in [1.165, 1.54) is 11.1 Å². The minimum absolute atomic E-state index is 0.0304. The van der Waals surface area contributed by atoms with Crippen LogP contribution in [0.5, 0.6) is 5.75 Å². The maximum Gasteiger partial charge on any atom is 0.243 e. The minimum Gasteiger partial charge on any atom is -0.488 e. The quantitative estimate of drug-likeness (QED) is 0.904. The average Bonchev–Trinajstić information content (AvgIpc) is 2.84. The number of carbonyl (C=O) groups is 2. The zero-order valence-corrected chi connectivity index (χ0v) is 12.4. The van der Waals surface area contributed by atoms with Crippen LogP contribution in [0.15, 0.2) is 18.2 Å². The number of carbonyl (C=O) groups excluding carboxylic acids is 2. The fourth-order valence-corrected chi connectivity index (χ4v) is 3.10. The standard InChI is InChI=1S/C16H20N2O3/c1-3-13-16(20)17-8-15(19)18(13)9-12-7-11-6-10(2)4-5-14(11)21-12/h4-6,12-13H,3,7-9H2,1-2H3,(H,17,20). The van der Waals surface area contributed by atoms with Gasteiger partial charge in [0, 0.05) is 6.42 Å². The third-order valence-electron chi connectivity index (χ3n) is 4.16. The van der Waals surface area contributed by atoms with Crippen LogP contribution in [0.3, 0.4) is 0 Å². The molecule has 2 heterocycles. The number of piperazine rings is 1. The number of rotatable bonds is 3. The molecule has 0 radical (unpaired) electrons. The zero-order chi connectivity index (χ0) is 15.0. The van der Waals surface area contributed by atoms with Gasteiger partial charge in [-0.2, -0.15) is 0 Å². The molecule has 1 saturated heterocycles. The van der Waals surface area contributed by atoms with Crippen molar-refractivity contribution in [3.05, 3.63) is 29.3 Å². The Morgan fingerprint density at radius 1 is 1.38 bits per heavy atom. The fraction of sp³-hybridized carbons (Fsp3) is 0.500. The van der Waals surface area contributed by atoms with E-state index in [-0.39, 0.29) is 30.5 Å². The molecule has 1 N–H and O–H groups in total. The monoisotopic (exact) mass is 288 g/mol. The predicted molar refractivity (Wildman–Crippen MR) is 78.1 cm³/mol. The van der Waals surface area contributed by atoms with Gasteiger partial charge in [-0.1, -0.05) is 24.6 Å². The first-order valence-electron chi connectivity index (χ1n) is 7.42. The van der Waals surface area contributed by atoms with E-state index in [4.69, 9.17) is 4.74 Å². The first-order chi connectivity index (χ1) is 10.1. The summed E-state index contributed by atoms with van der Waals surface area (Å²) in [7, 11) is 0. The van der Waals surface area contributed by atoms with Gasteiger partial charge in [-0.25, -0.2) is 0 Å². The lowest BCUT2D eigenvalue weighted by Crippen LogP contribution is -2.59. The van der Waals surface area contributed by atoms with Gasteiger partial charge in [0.15, 0.2) is 0 Å². The van der Waals surface area contributed by atoms with Gasteiger partial charge in [0.1, 0.15) is 17.9 Å². The lowest BCUT2D eigenvalue weighted by atomic mass is 10.0. The molecule has 5 heteroatoms. The van der Waals surface area contributed by atoms with Crippen LogP contribution in [0, 0.1) is 6.92 Å². The number of benzene rings is 1. The first kappa shape index (κ1) is 13.9. The van der Waals surface area contributed by atoms with Gasteiger partial charge in [0.2, 0.25) is 11.8 Å². The highest BCUT2D eigenvalue weighted by Crippen LogP contribution is 2.30. The molecule has 2 aliphatic rings. The van der Waals surface area contributed by atoms with Crippen molar-refractivity contribution >= 4 is 11.8 Å². The highest BCUT2D eigenvalue weighted by atomic mass is 16.5. The Morgan fingerprint density at radius 3 is 2.95 bits per heavy atom. The summed E-state index contributed by atoms with van der Waals surface area (Å²) in [4.78, 5) is 25.6. The lowest BCUT2D eigenvalue weighted by molar-refractivity contribution is -0.146. The summed E-state index contributed by atoms with van der Waals surface area (Å²) in [6.45, 7) is 4.54. The molecule has 0 spiro atoms. The molecule has 112 valence electrons. The largest absolute Gasteiger partial charge is 0.488 e. The molecule has 2 aliphatic heterocycles. The Labute approximate surface area is 124 Å². The van der Waals surface area contributed by atoms with Gasteiger partial charge in [0.05, 0.1) is 13.1 Å². The van der Waals surface area contributed by atoms with E-state index >= 15 is 0 Å². The Balaban J connectivity index is 1.72. The van der Waals surface area contributed by atoms with Crippen molar-refractivity contribution in [1.82, 2.24) is 10.2 Å². The summed E-state index contributed by atoms with van der Waals surface area (Å²) in [5.74, 6) is 0.799. The lowest BCUT2D eigenvalue weighted by Gasteiger charge is -2.35. The highest BCUT2D eigenvalue weighted by molar-refractivity contribution is 5.94. The van der Waals surface area contributed by atoms with Crippen LogP contribution < -0.4 is 10.1 Å². The second-order valence-electron chi connectivity index (χ2n) is 5.74. The number of hydrogen-bond donors (Lipinski definition) is 1. The summed E-state index contributed by atoms with van der Waals surface area (Å²) >= 11 is 0.